The van der Waals surface area contributed by atoms with Gasteiger partial charge in [-0.1, -0.05) is 88.8 Å². The van der Waals surface area contributed by atoms with E-state index < -0.39 is 0 Å². The van der Waals surface area contributed by atoms with Crippen molar-refractivity contribution in [2.24, 2.45) is 0 Å². The molecule has 6 rings (SSSR count). The van der Waals surface area contributed by atoms with E-state index >= 15 is 0 Å². The number of carbonyl (C=O) groups excluding carboxylic acids is 1. The SMILES string of the molecule is CCCCCCN(CCCCCC)C(=O)C1Cc2cc(N)ccc2N1c1ccc2c(c1)c1ccccc1n2-c1ccccc1. The molecule has 2 N–H and O–H groups in total. The van der Waals surface area contributed by atoms with Crippen LogP contribution in [-0.4, -0.2) is 34.5 Å². The van der Waals surface area contributed by atoms with Gasteiger partial charge in [0.15, 0.2) is 0 Å². The molecule has 0 fully saturated rings. The zero-order valence-corrected chi connectivity index (χ0v) is 26.3. The van der Waals surface area contributed by atoms with Gasteiger partial charge in [-0.05, 0) is 73.0 Å². The molecule has 0 aliphatic carbocycles. The van der Waals surface area contributed by atoms with Crippen LogP contribution in [-0.2, 0) is 11.2 Å². The molecular formula is C39H46N4O. The van der Waals surface area contributed by atoms with Gasteiger partial charge in [0, 0.05) is 53.0 Å². The molecule has 1 aliphatic heterocycles. The maximum atomic E-state index is 14.5. The molecule has 1 unspecified atom stereocenters. The minimum atomic E-state index is -0.288. The molecule has 2 heterocycles. The van der Waals surface area contributed by atoms with Crippen molar-refractivity contribution in [2.45, 2.75) is 77.7 Å². The van der Waals surface area contributed by atoms with E-state index in [1.165, 1.54) is 54.8 Å². The van der Waals surface area contributed by atoms with Crippen molar-refractivity contribution < 1.29 is 4.79 Å². The minimum Gasteiger partial charge on any atom is -0.399 e. The van der Waals surface area contributed by atoms with E-state index in [2.05, 4.69) is 113 Å². The van der Waals surface area contributed by atoms with Crippen LogP contribution >= 0.6 is 0 Å². The molecule has 44 heavy (non-hydrogen) atoms. The molecule has 4 aromatic carbocycles. The summed E-state index contributed by atoms with van der Waals surface area (Å²) in [6, 6.07) is 31.7. The molecule has 5 nitrogen and oxygen atoms in total. The van der Waals surface area contributed by atoms with Crippen LogP contribution in [0, 0.1) is 0 Å². The second-order valence-electron chi connectivity index (χ2n) is 12.3. The molecule has 5 heteroatoms. The number of nitrogens with two attached hydrogens (primary N) is 1. The number of fused-ring (bicyclic) bond motifs is 4. The number of para-hydroxylation sites is 2. The fraction of sp³-hybridized carbons (Fsp3) is 0.359. The average Bonchev–Trinajstić information content (AvgIpc) is 3.59. The maximum absolute atomic E-state index is 14.5. The zero-order valence-electron chi connectivity index (χ0n) is 26.3. The number of nitrogen functional groups attached to an aromatic ring is 1. The number of benzene rings is 4. The van der Waals surface area contributed by atoms with E-state index in [0.29, 0.717) is 6.42 Å². The Morgan fingerprint density at radius 2 is 1.41 bits per heavy atom. The zero-order chi connectivity index (χ0) is 30.5. The van der Waals surface area contributed by atoms with Gasteiger partial charge in [0.2, 0.25) is 5.91 Å². The van der Waals surface area contributed by atoms with E-state index in [9.17, 15) is 4.79 Å². The number of hydrogen-bond acceptors (Lipinski definition) is 3. The average molecular weight is 587 g/mol. The highest BCUT2D eigenvalue weighted by Crippen LogP contribution is 2.42. The third-order valence-electron chi connectivity index (χ3n) is 9.20. The number of aromatic nitrogens is 1. The van der Waals surface area contributed by atoms with Crippen LogP contribution in [0.2, 0.25) is 0 Å². The summed E-state index contributed by atoms with van der Waals surface area (Å²) < 4.78 is 2.34. The second kappa shape index (κ2) is 13.6. The Hall–Kier alpha value is -4.25. The molecule has 0 saturated carbocycles. The van der Waals surface area contributed by atoms with Crippen molar-refractivity contribution in [2.75, 3.05) is 23.7 Å². The molecule has 1 amide bonds. The van der Waals surface area contributed by atoms with Gasteiger partial charge in [0.25, 0.3) is 0 Å². The number of unbranched alkanes of at least 4 members (excludes halogenated alkanes) is 6. The molecule has 5 aromatic rings. The smallest absolute Gasteiger partial charge is 0.246 e. The Morgan fingerprint density at radius 3 is 2.14 bits per heavy atom. The third-order valence-corrected chi connectivity index (χ3v) is 9.20. The van der Waals surface area contributed by atoms with E-state index in [4.69, 9.17) is 5.73 Å². The van der Waals surface area contributed by atoms with Gasteiger partial charge in [-0.2, -0.15) is 0 Å². The van der Waals surface area contributed by atoms with Crippen molar-refractivity contribution in [1.29, 1.82) is 0 Å². The number of anilines is 3. The summed E-state index contributed by atoms with van der Waals surface area (Å²) in [5.74, 6) is 0.236. The Morgan fingerprint density at radius 1 is 0.727 bits per heavy atom. The van der Waals surface area contributed by atoms with Gasteiger partial charge in [-0.15, -0.1) is 0 Å². The van der Waals surface area contributed by atoms with E-state index in [1.807, 2.05) is 6.07 Å². The van der Waals surface area contributed by atoms with Gasteiger partial charge in [-0.3, -0.25) is 4.79 Å². The van der Waals surface area contributed by atoms with Crippen molar-refractivity contribution in [3.05, 3.63) is 96.6 Å². The highest BCUT2D eigenvalue weighted by Gasteiger charge is 2.38. The fourth-order valence-corrected chi connectivity index (χ4v) is 6.96. The monoisotopic (exact) mass is 586 g/mol. The lowest BCUT2D eigenvalue weighted by Crippen LogP contribution is -2.46. The van der Waals surface area contributed by atoms with E-state index in [-0.39, 0.29) is 11.9 Å². The van der Waals surface area contributed by atoms with Crippen LogP contribution in [0.15, 0.2) is 91.0 Å². The molecule has 0 radical (unpaired) electrons. The molecule has 0 saturated heterocycles. The summed E-state index contributed by atoms with van der Waals surface area (Å²) in [6.45, 7) is 6.14. The second-order valence-corrected chi connectivity index (χ2v) is 12.3. The quantitative estimate of drug-likeness (QED) is 0.110. The van der Waals surface area contributed by atoms with Crippen LogP contribution < -0.4 is 10.6 Å². The van der Waals surface area contributed by atoms with Gasteiger partial charge in [0.1, 0.15) is 6.04 Å². The van der Waals surface area contributed by atoms with Gasteiger partial charge in [0.05, 0.1) is 11.0 Å². The lowest BCUT2D eigenvalue weighted by atomic mass is 10.1. The molecule has 1 atom stereocenters. The summed E-state index contributed by atoms with van der Waals surface area (Å²) in [5.41, 5.74) is 13.8. The Kier molecular flexibility index (Phi) is 9.20. The maximum Gasteiger partial charge on any atom is 0.246 e. The van der Waals surface area contributed by atoms with Crippen LogP contribution in [0.25, 0.3) is 27.5 Å². The molecule has 0 bridgehead atoms. The summed E-state index contributed by atoms with van der Waals surface area (Å²) in [7, 11) is 0. The predicted molar refractivity (Wildman–Crippen MR) is 186 cm³/mol. The van der Waals surface area contributed by atoms with Crippen LogP contribution in [0.1, 0.15) is 70.8 Å². The van der Waals surface area contributed by atoms with E-state index in [0.717, 1.165) is 59.8 Å². The van der Waals surface area contributed by atoms with Crippen LogP contribution in [0.4, 0.5) is 17.1 Å². The molecular weight excluding hydrogens is 540 g/mol. The first kappa shape index (κ1) is 29.8. The summed E-state index contributed by atoms with van der Waals surface area (Å²) >= 11 is 0. The standard InChI is InChI=1S/C39H46N4O/c1-3-5-7-14-24-41(25-15-8-6-4-2)39(44)38-27-29-26-30(40)20-22-35(29)43(38)32-21-23-37-34(28-32)33-18-12-13-19-36(33)42(37)31-16-10-9-11-17-31/h9-13,16-23,26,28,38H,3-8,14-15,24-25,27,40H2,1-2H3. The number of hydrogen-bond donors (Lipinski definition) is 1. The van der Waals surface area contributed by atoms with Crippen molar-refractivity contribution >= 4 is 44.8 Å². The lowest BCUT2D eigenvalue weighted by molar-refractivity contribution is -0.132. The van der Waals surface area contributed by atoms with Crippen molar-refractivity contribution in [3.63, 3.8) is 0 Å². The highest BCUT2D eigenvalue weighted by atomic mass is 16.2. The number of rotatable bonds is 13. The largest absolute Gasteiger partial charge is 0.399 e. The van der Waals surface area contributed by atoms with Gasteiger partial charge in [-0.25, -0.2) is 0 Å². The van der Waals surface area contributed by atoms with Gasteiger partial charge >= 0.3 is 0 Å². The first-order chi connectivity index (χ1) is 21.6. The minimum absolute atomic E-state index is 0.236. The van der Waals surface area contributed by atoms with E-state index in [1.54, 1.807) is 0 Å². The Labute approximate surface area is 262 Å². The topological polar surface area (TPSA) is 54.5 Å². The molecule has 228 valence electrons. The molecule has 0 spiro atoms. The number of amides is 1. The predicted octanol–water partition coefficient (Wildman–Crippen LogP) is 9.42. The third kappa shape index (κ3) is 5.93. The number of nitrogens with zero attached hydrogens (tertiary/aromatic N) is 3. The normalized spacial score (nSPS) is 14.4. The summed E-state index contributed by atoms with van der Waals surface area (Å²) in [6.07, 6.45) is 9.95. The van der Waals surface area contributed by atoms with Crippen molar-refractivity contribution in [1.82, 2.24) is 9.47 Å². The van der Waals surface area contributed by atoms with Crippen LogP contribution in [0.5, 0.6) is 0 Å². The fourth-order valence-electron chi connectivity index (χ4n) is 6.96. The first-order valence-corrected chi connectivity index (χ1v) is 16.7. The molecule has 1 aliphatic rings. The van der Waals surface area contributed by atoms with Crippen molar-refractivity contribution in [3.8, 4) is 5.69 Å². The highest BCUT2D eigenvalue weighted by molar-refractivity contribution is 6.10. The van der Waals surface area contributed by atoms with Gasteiger partial charge < -0.3 is 20.1 Å². The first-order valence-electron chi connectivity index (χ1n) is 16.7. The van der Waals surface area contributed by atoms with Crippen LogP contribution in [0.3, 0.4) is 0 Å². The lowest BCUT2D eigenvalue weighted by Gasteiger charge is -2.32. The molecule has 1 aromatic heterocycles. The Balaban J connectivity index is 1.41. The summed E-state index contributed by atoms with van der Waals surface area (Å²) in [5, 5.41) is 2.40. The number of carbonyl (C=O) groups is 1. The summed E-state index contributed by atoms with van der Waals surface area (Å²) in [4.78, 5) is 19.0. The Bertz CT molecular complexity index is 1710.